The fraction of sp³-hybridized carbons (Fsp3) is 0.500. The Morgan fingerprint density at radius 2 is 2.00 bits per heavy atom. The second kappa shape index (κ2) is 5.82. The topological polar surface area (TPSA) is 55.1 Å². The van der Waals surface area contributed by atoms with E-state index in [1.807, 2.05) is 32.0 Å². The van der Waals surface area contributed by atoms with E-state index in [4.69, 9.17) is 5.73 Å². The molecule has 1 aromatic rings. The van der Waals surface area contributed by atoms with Crippen molar-refractivity contribution in [3.63, 3.8) is 0 Å². The predicted octanol–water partition coefficient (Wildman–Crippen LogP) is 2.62. The maximum Gasteiger partial charge on any atom is 0.241 e. The largest absolute Gasteiger partial charge is 0.324 e. The second-order valence-corrected chi connectivity index (χ2v) is 5.04. The zero-order chi connectivity index (χ0) is 13.0. The Morgan fingerprint density at radius 1 is 1.35 bits per heavy atom. The number of hydrogen-bond donors (Lipinski definition) is 2. The standard InChI is InChI=1S/C14H22N2O/c1-9(2)7-12(15)14(17)16-13-6-5-10(3)8-11(13)4/h5-6,8-9,12H,7,15H2,1-4H3,(H,16,17)/t12-/m1/s1. The van der Waals surface area contributed by atoms with Crippen LogP contribution < -0.4 is 11.1 Å². The van der Waals surface area contributed by atoms with Crippen molar-refractivity contribution < 1.29 is 4.79 Å². The number of anilines is 1. The quantitative estimate of drug-likeness (QED) is 0.841. The molecule has 0 bridgehead atoms. The van der Waals surface area contributed by atoms with E-state index in [-0.39, 0.29) is 5.91 Å². The van der Waals surface area contributed by atoms with Gasteiger partial charge in [-0.3, -0.25) is 4.79 Å². The molecule has 3 heteroatoms. The average Bonchev–Trinajstić information content (AvgIpc) is 2.21. The lowest BCUT2D eigenvalue weighted by Gasteiger charge is -2.15. The van der Waals surface area contributed by atoms with Crippen LogP contribution in [0.2, 0.25) is 0 Å². The number of hydrogen-bond acceptors (Lipinski definition) is 2. The van der Waals surface area contributed by atoms with Gasteiger partial charge in [-0.05, 0) is 37.8 Å². The lowest BCUT2D eigenvalue weighted by molar-refractivity contribution is -0.117. The van der Waals surface area contributed by atoms with E-state index in [1.54, 1.807) is 0 Å². The molecule has 0 aliphatic carbocycles. The predicted molar refractivity (Wildman–Crippen MR) is 72.0 cm³/mol. The van der Waals surface area contributed by atoms with Gasteiger partial charge in [-0.25, -0.2) is 0 Å². The molecule has 0 radical (unpaired) electrons. The number of benzene rings is 1. The third-order valence-corrected chi connectivity index (χ3v) is 2.70. The molecule has 1 rings (SSSR count). The molecule has 1 aromatic carbocycles. The normalized spacial score (nSPS) is 12.6. The van der Waals surface area contributed by atoms with Crippen molar-refractivity contribution >= 4 is 11.6 Å². The molecule has 0 spiro atoms. The maximum absolute atomic E-state index is 11.8. The highest BCUT2D eigenvalue weighted by molar-refractivity contribution is 5.95. The highest BCUT2D eigenvalue weighted by Gasteiger charge is 2.15. The van der Waals surface area contributed by atoms with E-state index < -0.39 is 6.04 Å². The number of rotatable bonds is 4. The fourth-order valence-corrected chi connectivity index (χ4v) is 1.79. The average molecular weight is 234 g/mol. The minimum atomic E-state index is -0.435. The summed E-state index contributed by atoms with van der Waals surface area (Å²) in [6.45, 7) is 8.13. The maximum atomic E-state index is 11.8. The number of nitrogens with two attached hydrogens (primary N) is 1. The number of amides is 1. The minimum absolute atomic E-state index is 0.106. The van der Waals surface area contributed by atoms with Gasteiger partial charge in [0.2, 0.25) is 5.91 Å². The summed E-state index contributed by atoms with van der Waals surface area (Å²) in [5, 5.41) is 2.88. The Balaban J connectivity index is 2.67. The van der Waals surface area contributed by atoms with Gasteiger partial charge in [0, 0.05) is 5.69 Å². The zero-order valence-electron chi connectivity index (χ0n) is 11.1. The van der Waals surface area contributed by atoms with Crippen molar-refractivity contribution in [3.05, 3.63) is 29.3 Å². The number of carbonyl (C=O) groups excluding carboxylic acids is 1. The highest BCUT2D eigenvalue weighted by Crippen LogP contribution is 2.16. The Hall–Kier alpha value is -1.35. The first kappa shape index (κ1) is 13.7. The molecular formula is C14H22N2O. The van der Waals surface area contributed by atoms with E-state index >= 15 is 0 Å². The van der Waals surface area contributed by atoms with Gasteiger partial charge in [-0.15, -0.1) is 0 Å². The first-order valence-corrected chi connectivity index (χ1v) is 6.04. The third-order valence-electron chi connectivity index (χ3n) is 2.70. The molecule has 0 aliphatic heterocycles. The zero-order valence-corrected chi connectivity index (χ0v) is 11.1. The SMILES string of the molecule is Cc1ccc(NC(=O)[C@H](N)CC(C)C)c(C)c1. The van der Waals surface area contributed by atoms with Crippen LogP contribution in [-0.4, -0.2) is 11.9 Å². The van der Waals surface area contributed by atoms with Crippen molar-refractivity contribution in [2.75, 3.05) is 5.32 Å². The van der Waals surface area contributed by atoms with Gasteiger partial charge in [-0.2, -0.15) is 0 Å². The van der Waals surface area contributed by atoms with Crippen LogP contribution in [-0.2, 0) is 4.79 Å². The highest BCUT2D eigenvalue weighted by atomic mass is 16.2. The number of aryl methyl sites for hydroxylation is 2. The monoisotopic (exact) mass is 234 g/mol. The van der Waals surface area contributed by atoms with Crippen LogP contribution in [0.4, 0.5) is 5.69 Å². The summed E-state index contributed by atoms with van der Waals surface area (Å²) in [5.41, 5.74) is 8.93. The van der Waals surface area contributed by atoms with Crippen LogP contribution in [0.1, 0.15) is 31.4 Å². The number of carbonyl (C=O) groups is 1. The first-order valence-electron chi connectivity index (χ1n) is 6.04. The fourth-order valence-electron chi connectivity index (χ4n) is 1.79. The molecule has 0 saturated carbocycles. The van der Waals surface area contributed by atoms with E-state index in [9.17, 15) is 4.79 Å². The van der Waals surface area contributed by atoms with E-state index in [2.05, 4.69) is 19.2 Å². The van der Waals surface area contributed by atoms with E-state index in [1.165, 1.54) is 5.56 Å². The summed E-state index contributed by atoms with van der Waals surface area (Å²) >= 11 is 0. The Bertz CT molecular complexity index is 399. The molecule has 3 N–H and O–H groups in total. The van der Waals surface area contributed by atoms with Crippen molar-refractivity contribution in [1.29, 1.82) is 0 Å². The Morgan fingerprint density at radius 3 is 2.53 bits per heavy atom. The molecule has 0 aromatic heterocycles. The lowest BCUT2D eigenvalue weighted by atomic mass is 10.0. The molecule has 0 aliphatic rings. The number of nitrogens with one attached hydrogen (secondary N) is 1. The van der Waals surface area contributed by atoms with Crippen molar-refractivity contribution in [3.8, 4) is 0 Å². The smallest absolute Gasteiger partial charge is 0.241 e. The van der Waals surface area contributed by atoms with Crippen LogP contribution in [0.3, 0.4) is 0 Å². The van der Waals surface area contributed by atoms with Crippen LogP contribution >= 0.6 is 0 Å². The summed E-state index contributed by atoms with van der Waals surface area (Å²) in [6, 6.07) is 5.51. The second-order valence-electron chi connectivity index (χ2n) is 5.04. The lowest BCUT2D eigenvalue weighted by Crippen LogP contribution is -2.36. The van der Waals surface area contributed by atoms with Gasteiger partial charge >= 0.3 is 0 Å². The molecule has 0 unspecified atom stereocenters. The third kappa shape index (κ3) is 4.19. The molecule has 3 nitrogen and oxygen atoms in total. The van der Waals surface area contributed by atoms with Crippen molar-refractivity contribution in [2.24, 2.45) is 11.7 Å². The van der Waals surface area contributed by atoms with Crippen LogP contribution in [0, 0.1) is 19.8 Å². The van der Waals surface area contributed by atoms with Crippen molar-refractivity contribution in [2.45, 2.75) is 40.2 Å². The first-order chi connectivity index (χ1) is 7.90. The molecule has 17 heavy (non-hydrogen) atoms. The summed E-state index contributed by atoms with van der Waals surface area (Å²) in [7, 11) is 0. The van der Waals surface area contributed by atoms with Gasteiger partial charge in [0.1, 0.15) is 0 Å². The summed E-state index contributed by atoms with van der Waals surface area (Å²) < 4.78 is 0. The minimum Gasteiger partial charge on any atom is -0.324 e. The Labute approximate surface area is 103 Å². The van der Waals surface area contributed by atoms with Gasteiger partial charge in [0.25, 0.3) is 0 Å². The molecule has 1 amide bonds. The summed E-state index contributed by atoms with van der Waals surface area (Å²) in [6.07, 6.45) is 0.705. The van der Waals surface area contributed by atoms with E-state index in [0.29, 0.717) is 12.3 Å². The van der Waals surface area contributed by atoms with Crippen molar-refractivity contribution in [1.82, 2.24) is 0 Å². The van der Waals surface area contributed by atoms with Gasteiger partial charge in [-0.1, -0.05) is 31.5 Å². The molecule has 0 fully saturated rings. The summed E-state index contributed by atoms with van der Waals surface area (Å²) in [4.78, 5) is 11.8. The van der Waals surface area contributed by atoms with Crippen LogP contribution in [0.25, 0.3) is 0 Å². The molecule has 1 atom stereocenters. The van der Waals surface area contributed by atoms with Crippen LogP contribution in [0.5, 0.6) is 0 Å². The summed E-state index contributed by atoms with van der Waals surface area (Å²) in [5.74, 6) is 0.320. The molecule has 0 saturated heterocycles. The van der Waals surface area contributed by atoms with Gasteiger partial charge in [0.15, 0.2) is 0 Å². The molecular weight excluding hydrogens is 212 g/mol. The van der Waals surface area contributed by atoms with E-state index in [0.717, 1.165) is 11.3 Å². The van der Waals surface area contributed by atoms with Crippen LogP contribution in [0.15, 0.2) is 18.2 Å². The van der Waals surface area contributed by atoms with Gasteiger partial charge in [0.05, 0.1) is 6.04 Å². The molecule has 94 valence electrons. The molecule has 0 heterocycles. The van der Waals surface area contributed by atoms with Gasteiger partial charge < -0.3 is 11.1 Å². The Kier molecular flexibility index (Phi) is 4.70.